The third-order valence-corrected chi connectivity index (χ3v) is 7.67. The zero-order valence-electron chi connectivity index (χ0n) is 24.9. The highest BCUT2D eigenvalue weighted by atomic mass is 35.5. The van der Waals surface area contributed by atoms with E-state index in [0.717, 1.165) is 27.2 Å². The molecule has 0 saturated carbocycles. The number of amides is 4. The summed E-state index contributed by atoms with van der Waals surface area (Å²) in [5, 5.41) is 2.57. The van der Waals surface area contributed by atoms with E-state index in [2.05, 4.69) is 5.32 Å². The number of carbonyl (C=O) groups is 3. The number of ether oxygens (including phenoxy) is 3. The maximum atomic E-state index is 13.3. The molecule has 1 aliphatic heterocycles. The molecule has 1 N–H and O–H groups in total. The lowest BCUT2D eigenvalue weighted by Crippen LogP contribution is -2.54. The number of hydrogen-bond donors (Lipinski definition) is 1. The second-order valence-electron chi connectivity index (χ2n) is 10.3. The minimum atomic E-state index is -0.825. The third-order valence-electron chi connectivity index (χ3n) is 7.11. The van der Waals surface area contributed by atoms with Gasteiger partial charge in [0.25, 0.3) is 11.8 Å². The van der Waals surface area contributed by atoms with E-state index < -0.39 is 17.8 Å². The van der Waals surface area contributed by atoms with Gasteiger partial charge in [-0.3, -0.25) is 14.9 Å². The average molecular weight is 646 g/mol. The summed E-state index contributed by atoms with van der Waals surface area (Å²) in [6.45, 7) is 6.67. The first-order valence-corrected chi connectivity index (χ1v) is 14.9. The van der Waals surface area contributed by atoms with E-state index >= 15 is 0 Å². The first-order valence-electron chi connectivity index (χ1n) is 14.2. The quantitative estimate of drug-likeness (QED) is 0.140. The van der Waals surface area contributed by atoms with Gasteiger partial charge < -0.3 is 14.2 Å². The van der Waals surface area contributed by atoms with Gasteiger partial charge in [-0.25, -0.2) is 9.69 Å². The summed E-state index contributed by atoms with van der Waals surface area (Å²) in [4.78, 5) is 39.5. The monoisotopic (exact) mass is 644 g/mol. The smallest absolute Gasteiger partial charge is 0.335 e. The Morgan fingerprint density at radius 3 is 2.16 bits per heavy atom. The lowest BCUT2D eigenvalue weighted by molar-refractivity contribution is -0.122. The van der Waals surface area contributed by atoms with Gasteiger partial charge >= 0.3 is 6.03 Å². The number of urea groups is 1. The number of nitrogens with zero attached hydrogens (tertiary/aromatic N) is 1. The molecular weight excluding hydrogens is 615 g/mol. The van der Waals surface area contributed by atoms with Gasteiger partial charge in [-0.2, -0.15) is 0 Å². The number of barbiturate groups is 1. The highest BCUT2D eigenvalue weighted by molar-refractivity contribution is 6.40. The summed E-state index contributed by atoms with van der Waals surface area (Å²) in [5.74, 6) is -0.163. The van der Waals surface area contributed by atoms with Crippen LogP contribution in [0.5, 0.6) is 17.2 Å². The molecule has 0 unspecified atom stereocenters. The van der Waals surface area contributed by atoms with E-state index in [9.17, 15) is 14.4 Å². The fourth-order valence-corrected chi connectivity index (χ4v) is 5.26. The fraction of sp³-hybridized carbons (Fsp3) is 0.171. The highest BCUT2D eigenvalue weighted by Crippen LogP contribution is 2.37. The molecule has 4 aromatic carbocycles. The molecule has 4 aromatic rings. The second-order valence-corrected chi connectivity index (χ2v) is 11.1. The molecule has 10 heteroatoms. The molecule has 0 aromatic heterocycles. The van der Waals surface area contributed by atoms with Gasteiger partial charge in [-0.15, -0.1) is 0 Å². The topological polar surface area (TPSA) is 94.2 Å². The Labute approximate surface area is 271 Å². The maximum Gasteiger partial charge on any atom is 0.335 e. The summed E-state index contributed by atoms with van der Waals surface area (Å²) in [6.07, 6.45) is 1.34. The Morgan fingerprint density at radius 1 is 0.756 bits per heavy atom. The summed E-state index contributed by atoms with van der Waals surface area (Å²) in [6, 6.07) is 22.7. The largest absolute Gasteiger partial charge is 0.490 e. The van der Waals surface area contributed by atoms with E-state index in [1.165, 1.54) is 18.2 Å². The van der Waals surface area contributed by atoms with E-state index in [-0.39, 0.29) is 28.0 Å². The van der Waals surface area contributed by atoms with E-state index in [1.54, 1.807) is 18.2 Å². The molecule has 1 fully saturated rings. The average Bonchev–Trinajstić information content (AvgIpc) is 3.01. The minimum absolute atomic E-state index is 0.132. The molecule has 230 valence electrons. The van der Waals surface area contributed by atoms with Crippen LogP contribution in [0.3, 0.4) is 0 Å². The van der Waals surface area contributed by atoms with Gasteiger partial charge in [0.1, 0.15) is 18.8 Å². The zero-order chi connectivity index (χ0) is 32.1. The predicted molar refractivity (Wildman–Crippen MR) is 174 cm³/mol. The molecule has 0 radical (unpaired) electrons. The number of hydrogen-bond acceptors (Lipinski definition) is 6. The van der Waals surface area contributed by atoms with Crippen molar-refractivity contribution in [3.8, 4) is 17.2 Å². The Hall–Kier alpha value is -4.79. The van der Waals surface area contributed by atoms with Crippen LogP contribution in [0.15, 0.2) is 84.4 Å². The van der Waals surface area contributed by atoms with Crippen molar-refractivity contribution in [1.29, 1.82) is 0 Å². The van der Waals surface area contributed by atoms with Crippen LogP contribution in [0, 0.1) is 13.8 Å². The molecular formula is C35H30Cl2N2O6. The maximum absolute atomic E-state index is 13.3. The molecule has 1 aliphatic rings. The Balaban J connectivity index is 1.32. The lowest BCUT2D eigenvalue weighted by Gasteiger charge is -2.27. The van der Waals surface area contributed by atoms with Crippen molar-refractivity contribution in [3.63, 3.8) is 0 Å². The summed E-state index contributed by atoms with van der Waals surface area (Å²) < 4.78 is 17.8. The summed E-state index contributed by atoms with van der Waals surface area (Å²) in [5.41, 5.74) is 4.21. The first-order chi connectivity index (χ1) is 21.6. The number of nitrogens with one attached hydrogen (secondary N) is 1. The van der Waals surface area contributed by atoms with Crippen LogP contribution in [0.4, 0.5) is 10.5 Å². The number of anilines is 1. The number of rotatable bonds is 10. The summed E-state index contributed by atoms with van der Waals surface area (Å²) >= 11 is 13.1. The van der Waals surface area contributed by atoms with Gasteiger partial charge in [-0.1, -0.05) is 65.7 Å². The number of imide groups is 2. The van der Waals surface area contributed by atoms with E-state index in [0.29, 0.717) is 36.0 Å². The van der Waals surface area contributed by atoms with Crippen molar-refractivity contribution in [3.05, 3.63) is 122 Å². The Bertz CT molecular complexity index is 1780. The van der Waals surface area contributed by atoms with Gasteiger partial charge in [0, 0.05) is 0 Å². The van der Waals surface area contributed by atoms with Crippen LogP contribution < -0.4 is 24.4 Å². The number of halogens is 2. The Kier molecular flexibility index (Phi) is 9.76. The van der Waals surface area contributed by atoms with Gasteiger partial charge in [0.15, 0.2) is 17.2 Å². The predicted octanol–water partition coefficient (Wildman–Crippen LogP) is 7.83. The third kappa shape index (κ3) is 7.30. The Morgan fingerprint density at radius 2 is 1.47 bits per heavy atom. The van der Waals surface area contributed by atoms with Crippen LogP contribution in [0.25, 0.3) is 6.08 Å². The first kappa shape index (κ1) is 31.6. The van der Waals surface area contributed by atoms with Crippen LogP contribution >= 0.6 is 23.2 Å². The van der Waals surface area contributed by atoms with Crippen LogP contribution in [-0.4, -0.2) is 24.5 Å². The molecule has 8 nitrogen and oxygen atoms in total. The molecule has 45 heavy (non-hydrogen) atoms. The molecule has 0 bridgehead atoms. The molecule has 0 spiro atoms. The van der Waals surface area contributed by atoms with Gasteiger partial charge in [0.05, 0.1) is 22.3 Å². The SMILES string of the molecule is CCOc1cc(COc2c(Cl)cc(/C=C3/C(=O)NC(=O)N(c4ccc(C)c(C)c4)C3=O)cc2Cl)ccc1OCc1ccccc1. The molecule has 1 saturated heterocycles. The second kappa shape index (κ2) is 13.9. The standard InChI is InChI=1S/C35H30Cl2N2O6/c1-4-43-31-18-24(11-13-30(31)44-19-23-8-6-5-7-9-23)20-45-32-28(36)16-25(17-29(32)37)15-27-33(40)38-35(42)39(34(27)41)26-12-10-21(2)22(3)14-26/h5-18H,4,19-20H2,1-3H3,(H,38,40,42)/b27-15-. The van der Waals surface area contributed by atoms with Gasteiger partial charge in [-0.05, 0) is 91.1 Å². The van der Waals surface area contributed by atoms with E-state index in [4.69, 9.17) is 37.4 Å². The van der Waals surface area contributed by atoms with Crippen molar-refractivity contribution in [2.45, 2.75) is 34.0 Å². The van der Waals surface area contributed by atoms with Crippen LogP contribution in [0.2, 0.25) is 10.0 Å². The normalized spacial score (nSPS) is 14.0. The van der Waals surface area contributed by atoms with Gasteiger partial charge in [0.2, 0.25) is 0 Å². The van der Waals surface area contributed by atoms with Crippen molar-refractivity contribution in [1.82, 2.24) is 5.32 Å². The van der Waals surface area contributed by atoms with Crippen LogP contribution in [0.1, 0.15) is 34.7 Å². The van der Waals surface area contributed by atoms with Crippen molar-refractivity contribution >= 4 is 52.8 Å². The minimum Gasteiger partial charge on any atom is -0.490 e. The number of carbonyl (C=O) groups excluding carboxylic acids is 3. The molecule has 1 heterocycles. The fourth-order valence-electron chi connectivity index (χ4n) is 4.64. The van der Waals surface area contributed by atoms with Crippen molar-refractivity contribution < 1.29 is 28.6 Å². The molecule has 0 aliphatic carbocycles. The highest BCUT2D eigenvalue weighted by Gasteiger charge is 2.37. The van der Waals surface area contributed by atoms with Crippen molar-refractivity contribution in [2.24, 2.45) is 0 Å². The lowest BCUT2D eigenvalue weighted by atomic mass is 10.0. The van der Waals surface area contributed by atoms with E-state index in [1.807, 2.05) is 69.3 Å². The van der Waals surface area contributed by atoms with Crippen molar-refractivity contribution in [2.75, 3.05) is 11.5 Å². The van der Waals surface area contributed by atoms with Crippen LogP contribution in [-0.2, 0) is 22.8 Å². The zero-order valence-corrected chi connectivity index (χ0v) is 26.4. The molecule has 0 atom stereocenters. The summed E-state index contributed by atoms with van der Waals surface area (Å²) in [7, 11) is 0. The number of aryl methyl sites for hydroxylation is 2. The molecule has 5 rings (SSSR count). The number of benzene rings is 4. The molecule has 4 amide bonds.